The predicted molar refractivity (Wildman–Crippen MR) is 75.2 cm³/mol. The summed E-state index contributed by atoms with van der Waals surface area (Å²) in [4.78, 5) is 12.1. The van der Waals surface area contributed by atoms with Gasteiger partial charge in [0.2, 0.25) is 5.91 Å². The summed E-state index contributed by atoms with van der Waals surface area (Å²) in [5.74, 6) is -0.120. The second kappa shape index (κ2) is 6.37. The van der Waals surface area contributed by atoms with E-state index >= 15 is 0 Å². The maximum atomic E-state index is 11.7. The zero-order chi connectivity index (χ0) is 12.3. The smallest absolute Gasteiger partial charge is 0.244 e. The number of carbonyl (C=O) groups is 1. The van der Waals surface area contributed by atoms with Crippen LogP contribution in [0.3, 0.4) is 0 Å². The minimum Gasteiger partial charge on any atom is -0.325 e. The highest BCUT2D eigenvalue weighted by atomic mass is 35.5. The molecule has 0 spiro atoms. The summed E-state index contributed by atoms with van der Waals surface area (Å²) in [5, 5.41) is 12.1. The van der Waals surface area contributed by atoms with E-state index in [2.05, 4.69) is 5.32 Å². The maximum Gasteiger partial charge on any atom is 0.244 e. The van der Waals surface area contributed by atoms with Crippen molar-refractivity contribution < 1.29 is 4.79 Å². The summed E-state index contributed by atoms with van der Waals surface area (Å²) < 4.78 is 1.61. The predicted octanol–water partition coefficient (Wildman–Crippen LogP) is 2.40. The van der Waals surface area contributed by atoms with Crippen LogP contribution in [-0.2, 0) is 11.3 Å². The van der Waals surface area contributed by atoms with E-state index in [1.807, 2.05) is 31.2 Å². The monoisotopic (exact) mass is 283 g/mol. The molecule has 0 aliphatic carbocycles. The van der Waals surface area contributed by atoms with Gasteiger partial charge in [0, 0.05) is 17.3 Å². The van der Waals surface area contributed by atoms with E-state index in [1.165, 1.54) is 11.3 Å². The molecule has 2 N–H and O–H groups in total. The number of aromatic nitrogens is 1. The molecule has 0 atom stereocenters. The summed E-state index contributed by atoms with van der Waals surface area (Å²) in [6, 6.07) is 7.63. The molecule has 1 aromatic carbocycles. The Bertz CT molecular complexity index is 574. The summed E-state index contributed by atoms with van der Waals surface area (Å²) in [6.45, 7) is 2.18. The highest BCUT2D eigenvalue weighted by molar-refractivity contribution is 7.06. The highest BCUT2D eigenvalue weighted by Crippen LogP contribution is 2.08. The first kappa shape index (κ1) is 14.5. The molecule has 0 fully saturated rings. The van der Waals surface area contributed by atoms with Crippen molar-refractivity contribution in [1.29, 1.82) is 5.41 Å². The molecule has 1 heterocycles. The van der Waals surface area contributed by atoms with Gasteiger partial charge in [-0.2, -0.15) is 0 Å². The highest BCUT2D eigenvalue weighted by Gasteiger charge is 2.03. The second-order valence-electron chi connectivity index (χ2n) is 3.75. The van der Waals surface area contributed by atoms with E-state index in [4.69, 9.17) is 5.41 Å². The van der Waals surface area contributed by atoms with E-state index in [-0.39, 0.29) is 24.9 Å². The van der Waals surface area contributed by atoms with Gasteiger partial charge in [0.1, 0.15) is 6.54 Å². The third-order valence-corrected chi connectivity index (χ3v) is 3.05. The lowest BCUT2D eigenvalue weighted by Gasteiger charge is -2.06. The average Bonchev–Trinajstić information content (AvgIpc) is 2.68. The second-order valence-corrected chi connectivity index (χ2v) is 4.64. The van der Waals surface area contributed by atoms with E-state index in [0.29, 0.717) is 4.80 Å². The van der Waals surface area contributed by atoms with E-state index in [1.54, 1.807) is 16.1 Å². The molecule has 0 radical (unpaired) electrons. The first-order valence-corrected chi connectivity index (χ1v) is 6.08. The van der Waals surface area contributed by atoms with E-state index < -0.39 is 0 Å². The van der Waals surface area contributed by atoms with Gasteiger partial charge in [-0.25, -0.2) is 0 Å². The Hall–Kier alpha value is -1.59. The van der Waals surface area contributed by atoms with Gasteiger partial charge in [0.15, 0.2) is 4.80 Å². The first-order chi connectivity index (χ1) is 8.15. The van der Waals surface area contributed by atoms with Gasteiger partial charge in [-0.3, -0.25) is 10.2 Å². The van der Waals surface area contributed by atoms with Crippen LogP contribution in [0.15, 0.2) is 35.8 Å². The molecule has 0 saturated carbocycles. The number of nitrogens with zero attached hydrogens (tertiary/aromatic N) is 1. The Labute approximate surface area is 115 Å². The number of carbonyl (C=O) groups excluding carboxylic acids is 1. The fourth-order valence-corrected chi connectivity index (χ4v) is 2.02. The summed E-state index contributed by atoms with van der Waals surface area (Å²) >= 11 is 1.30. The van der Waals surface area contributed by atoms with Crippen molar-refractivity contribution in [3.8, 4) is 0 Å². The zero-order valence-corrected chi connectivity index (χ0v) is 11.5. The molecule has 1 amide bonds. The van der Waals surface area contributed by atoms with Crippen LogP contribution in [-0.4, -0.2) is 10.5 Å². The van der Waals surface area contributed by atoms with Crippen LogP contribution in [0.5, 0.6) is 0 Å². The Kier molecular flexibility index (Phi) is 5.12. The van der Waals surface area contributed by atoms with Crippen molar-refractivity contribution in [2.75, 3.05) is 5.32 Å². The van der Waals surface area contributed by atoms with Crippen molar-refractivity contribution in [2.24, 2.45) is 0 Å². The zero-order valence-electron chi connectivity index (χ0n) is 9.84. The molecule has 0 unspecified atom stereocenters. The summed E-state index contributed by atoms with van der Waals surface area (Å²) in [7, 11) is 0. The third-order valence-electron chi connectivity index (χ3n) is 2.33. The lowest BCUT2D eigenvalue weighted by Crippen LogP contribution is -2.23. The van der Waals surface area contributed by atoms with Crippen LogP contribution >= 0.6 is 23.7 Å². The Balaban J connectivity index is 0.00000162. The van der Waals surface area contributed by atoms with Gasteiger partial charge in [0.05, 0.1) is 0 Å². The van der Waals surface area contributed by atoms with Crippen molar-refractivity contribution >= 4 is 35.3 Å². The van der Waals surface area contributed by atoms with Crippen molar-refractivity contribution in [3.63, 3.8) is 0 Å². The van der Waals surface area contributed by atoms with E-state index in [0.717, 1.165) is 11.3 Å². The van der Waals surface area contributed by atoms with Gasteiger partial charge >= 0.3 is 0 Å². The number of benzene rings is 1. The molecular formula is C12H14ClN3OS. The number of nitrogens with one attached hydrogen (secondary N) is 2. The number of amides is 1. The van der Waals surface area contributed by atoms with Crippen LogP contribution < -0.4 is 10.1 Å². The van der Waals surface area contributed by atoms with Gasteiger partial charge in [-0.1, -0.05) is 17.7 Å². The van der Waals surface area contributed by atoms with Crippen LogP contribution in [0.2, 0.25) is 0 Å². The lowest BCUT2D eigenvalue weighted by atomic mass is 10.2. The molecule has 2 aromatic rings. The molecule has 1 aromatic heterocycles. The van der Waals surface area contributed by atoms with Crippen LogP contribution in [0, 0.1) is 12.3 Å². The Morgan fingerprint density at radius 3 is 2.61 bits per heavy atom. The molecule has 0 aliphatic heterocycles. The molecule has 96 valence electrons. The number of thiazole rings is 1. The lowest BCUT2D eigenvalue weighted by molar-refractivity contribution is -0.116. The van der Waals surface area contributed by atoms with E-state index in [9.17, 15) is 4.79 Å². The fourth-order valence-electron chi connectivity index (χ4n) is 1.42. The van der Waals surface area contributed by atoms with Crippen molar-refractivity contribution in [1.82, 2.24) is 4.57 Å². The number of rotatable bonds is 3. The normalized spacial score (nSPS) is 9.61. The van der Waals surface area contributed by atoms with Gasteiger partial charge < -0.3 is 9.88 Å². The van der Waals surface area contributed by atoms with Gasteiger partial charge in [-0.05, 0) is 19.1 Å². The standard InChI is InChI=1S/C12H13N3OS.ClH/c1-9-2-4-10(5-3-9)14-11(16)8-15-6-7-17-12(15)13;/h2-7,13H,8H2,1H3,(H,14,16);1H. The quantitative estimate of drug-likeness (QED) is 0.893. The molecular weight excluding hydrogens is 270 g/mol. The molecule has 6 heteroatoms. The SMILES string of the molecule is Cc1ccc(NC(=O)Cn2ccsc2=N)cc1.Cl. The average molecular weight is 284 g/mol. The molecule has 4 nitrogen and oxygen atoms in total. The van der Waals surface area contributed by atoms with Crippen LogP contribution in [0.1, 0.15) is 5.56 Å². The first-order valence-electron chi connectivity index (χ1n) is 5.20. The third kappa shape index (κ3) is 3.72. The number of anilines is 1. The number of hydrogen-bond donors (Lipinski definition) is 2. The Morgan fingerprint density at radius 2 is 2.06 bits per heavy atom. The maximum absolute atomic E-state index is 11.7. The largest absolute Gasteiger partial charge is 0.325 e. The number of halogens is 1. The van der Waals surface area contributed by atoms with Gasteiger partial charge in [-0.15, -0.1) is 23.7 Å². The molecule has 18 heavy (non-hydrogen) atoms. The molecule has 0 aliphatic rings. The molecule has 2 rings (SSSR count). The summed E-state index contributed by atoms with van der Waals surface area (Å²) in [6.07, 6.45) is 1.74. The van der Waals surface area contributed by atoms with Crippen LogP contribution in [0.25, 0.3) is 0 Å². The number of hydrogen-bond acceptors (Lipinski definition) is 3. The van der Waals surface area contributed by atoms with Crippen molar-refractivity contribution in [2.45, 2.75) is 13.5 Å². The summed E-state index contributed by atoms with van der Waals surface area (Å²) in [5.41, 5.74) is 1.94. The van der Waals surface area contributed by atoms with Crippen molar-refractivity contribution in [3.05, 3.63) is 46.2 Å². The molecule has 0 saturated heterocycles. The van der Waals surface area contributed by atoms with Crippen LogP contribution in [0.4, 0.5) is 5.69 Å². The van der Waals surface area contributed by atoms with Gasteiger partial charge in [0.25, 0.3) is 0 Å². The minimum atomic E-state index is -0.120. The molecule has 0 bridgehead atoms. The Morgan fingerprint density at radius 1 is 1.39 bits per heavy atom. The topological polar surface area (TPSA) is 57.9 Å². The fraction of sp³-hybridized carbons (Fsp3) is 0.167. The minimum absolute atomic E-state index is 0. The number of aryl methyl sites for hydroxylation is 1.